The zero-order valence-corrected chi connectivity index (χ0v) is 10.4. The van der Waals surface area contributed by atoms with E-state index in [1.165, 1.54) is 0 Å². The maximum Gasteiger partial charge on any atom is 0.308 e. The van der Waals surface area contributed by atoms with Crippen molar-refractivity contribution in [1.82, 2.24) is 4.90 Å². The fraction of sp³-hybridized carbons (Fsp3) is 0.909. The lowest BCUT2D eigenvalue weighted by molar-refractivity contribution is -0.277. The van der Waals surface area contributed by atoms with Crippen LogP contribution in [-0.4, -0.2) is 55.6 Å². The van der Waals surface area contributed by atoms with Gasteiger partial charge in [0, 0.05) is 20.8 Å². The van der Waals surface area contributed by atoms with E-state index in [-0.39, 0.29) is 11.8 Å². The molecule has 16 heavy (non-hydrogen) atoms. The van der Waals surface area contributed by atoms with Crippen molar-refractivity contribution >= 4 is 5.97 Å². The number of nitrogens with zero attached hydrogens (tertiary/aromatic N) is 1. The Morgan fingerprint density at radius 1 is 1.38 bits per heavy atom. The minimum Gasteiger partial charge on any atom is -0.481 e. The molecule has 0 aromatic carbocycles. The Morgan fingerprint density at radius 2 is 1.88 bits per heavy atom. The number of likely N-dealkylation sites (tertiary alicyclic amines) is 1. The van der Waals surface area contributed by atoms with Crippen LogP contribution in [0, 0.1) is 11.8 Å². The van der Waals surface area contributed by atoms with Crippen LogP contribution in [0.3, 0.4) is 0 Å². The molecule has 1 rings (SSSR count). The third-order valence-electron chi connectivity index (χ3n) is 3.25. The average molecular weight is 231 g/mol. The third kappa shape index (κ3) is 2.72. The predicted octanol–water partition coefficient (Wildman–Crippen LogP) is 0.648. The van der Waals surface area contributed by atoms with Crippen molar-refractivity contribution < 1.29 is 19.4 Å². The van der Waals surface area contributed by atoms with Crippen LogP contribution in [0.4, 0.5) is 0 Å². The normalized spacial score (nSPS) is 21.8. The highest BCUT2D eigenvalue weighted by atomic mass is 16.7. The first-order valence-electron chi connectivity index (χ1n) is 5.49. The molecule has 0 radical (unpaired) electrons. The van der Waals surface area contributed by atoms with Crippen LogP contribution in [0.15, 0.2) is 0 Å². The van der Waals surface area contributed by atoms with Crippen molar-refractivity contribution in [2.45, 2.75) is 19.6 Å². The standard InChI is InChI=1S/C11H21NO4/c1-8(2)9(10(13)14)5-12-6-11(7-12,15-3)16-4/h8-9H,5-7H2,1-4H3,(H,13,14). The lowest BCUT2D eigenvalue weighted by atomic mass is 9.93. The Kier molecular flexibility index (Phi) is 4.29. The second-order valence-corrected chi connectivity index (χ2v) is 4.68. The van der Waals surface area contributed by atoms with Crippen molar-refractivity contribution in [2.75, 3.05) is 33.9 Å². The van der Waals surface area contributed by atoms with Crippen LogP contribution >= 0.6 is 0 Å². The second kappa shape index (κ2) is 5.12. The first-order chi connectivity index (χ1) is 7.44. The fourth-order valence-corrected chi connectivity index (χ4v) is 1.96. The molecule has 0 bridgehead atoms. The van der Waals surface area contributed by atoms with Gasteiger partial charge >= 0.3 is 5.97 Å². The van der Waals surface area contributed by atoms with Gasteiger partial charge in [0.25, 0.3) is 0 Å². The van der Waals surface area contributed by atoms with Crippen LogP contribution in [0.5, 0.6) is 0 Å². The van der Waals surface area contributed by atoms with E-state index < -0.39 is 11.8 Å². The van der Waals surface area contributed by atoms with Crippen LogP contribution in [0.2, 0.25) is 0 Å². The second-order valence-electron chi connectivity index (χ2n) is 4.68. The number of ether oxygens (including phenoxy) is 2. The van der Waals surface area contributed by atoms with Crippen LogP contribution in [0.1, 0.15) is 13.8 Å². The zero-order chi connectivity index (χ0) is 12.3. The maximum atomic E-state index is 11.0. The van der Waals surface area contributed by atoms with Crippen molar-refractivity contribution in [2.24, 2.45) is 11.8 Å². The molecule has 0 aromatic heterocycles. The Labute approximate surface area is 96.3 Å². The van der Waals surface area contributed by atoms with E-state index in [0.717, 1.165) is 0 Å². The van der Waals surface area contributed by atoms with Gasteiger partial charge in [-0.2, -0.15) is 0 Å². The SMILES string of the molecule is COC1(OC)CN(CC(C(=O)O)C(C)C)C1. The van der Waals surface area contributed by atoms with Gasteiger partial charge in [0.2, 0.25) is 0 Å². The van der Waals surface area contributed by atoms with Gasteiger partial charge in [-0.1, -0.05) is 13.8 Å². The molecule has 1 aliphatic heterocycles. The molecule has 1 saturated heterocycles. The molecule has 0 saturated carbocycles. The number of rotatable bonds is 6. The van der Waals surface area contributed by atoms with Gasteiger partial charge in [0.15, 0.2) is 5.79 Å². The van der Waals surface area contributed by atoms with Gasteiger partial charge in [-0.25, -0.2) is 0 Å². The van der Waals surface area contributed by atoms with Gasteiger partial charge in [0.05, 0.1) is 19.0 Å². The van der Waals surface area contributed by atoms with Gasteiger partial charge in [-0.15, -0.1) is 0 Å². The highest BCUT2D eigenvalue weighted by Gasteiger charge is 2.45. The number of carboxylic acid groups (broad SMARTS) is 1. The van der Waals surface area contributed by atoms with Crippen molar-refractivity contribution in [3.05, 3.63) is 0 Å². The first kappa shape index (κ1) is 13.4. The van der Waals surface area contributed by atoms with Crippen molar-refractivity contribution in [3.8, 4) is 0 Å². The summed E-state index contributed by atoms with van der Waals surface area (Å²) in [5.41, 5.74) is 0. The first-order valence-corrected chi connectivity index (χ1v) is 5.49. The number of hydrogen-bond donors (Lipinski definition) is 1. The van der Waals surface area contributed by atoms with E-state index in [0.29, 0.717) is 19.6 Å². The summed E-state index contributed by atoms with van der Waals surface area (Å²) < 4.78 is 10.5. The number of hydrogen-bond acceptors (Lipinski definition) is 4. The summed E-state index contributed by atoms with van der Waals surface area (Å²) in [7, 11) is 3.22. The minimum atomic E-state index is -0.734. The molecular formula is C11H21NO4. The number of methoxy groups -OCH3 is 2. The van der Waals surface area contributed by atoms with E-state index in [9.17, 15) is 4.79 Å². The summed E-state index contributed by atoms with van der Waals surface area (Å²) in [4.78, 5) is 13.1. The molecule has 5 heteroatoms. The summed E-state index contributed by atoms with van der Waals surface area (Å²) in [6.45, 7) is 5.69. The van der Waals surface area contributed by atoms with Crippen molar-refractivity contribution in [3.63, 3.8) is 0 Å². The van der Waals surface area contributed by atoms with Crippen molar-refractivity contribution in [1.29, 1.82) is 0 Å². The molecule has 1 N–H and O–H groups in total. The minimum absolute atomic E-state index is 0.137. The summed E-state index contributed by atoms with van der Waals surface area (Å²) in [5.74, 6) is -1.45. The molecule has 1 aliphatic rings. The van der Waals surface area contributed by atoms with Gasteiger partial charge in [-0.3, -0.25) is 9.69 Å². The van der Waals surface area contributed by atoms with E-state index in [1.54, 1.807) is 14.2 Å². The van der Waals surface area contributed by atoms with Gasteiger partial charge < -0.3 is 14.6 Å². The Balaban J connectivity index is 2.43. The molecule has 0 aliphatic carbocycles. The summed E-state index contributed by atoms with van der Waals surface area (Å²) in [5, 5.41) is 9.07. The van der Waals surface area contributed by atoms with Crippen LogP contribution in [-0.2, 0) is 14.3 Å². The zero-order valence-electron chi connectivity index (χ0n) is 10.4. The molecule has 5 nitrogen and oxygen atoms in total. The molecule has 1 unspecified atom stereocenters. The molecular weight excluding hydrogens is 210 g/mol. The average Bonchev–Trinajstić information content (AvgIpc) is 2.15. The Hall–Kier alpha value is -0.650. The van der Waals surface area contributed by atoms with Crippen LogP contribution < -0.4 is 0 Å². The molecule has 1 atom stereocenters. The molecule has 94 valence electrons. The summed E-state index contributed by atoms with van der Waals surface area (Å²) in [6, 6.07) is 0. The number of aliphatic carboxylic acids is 1. The fourth-order valence-electron chi connectivity index (χ4n) is 1.96. The van der Waals surface area contributed by atoms with Gasteiger partial charge in [-0.05, 0) is 5.92 Å². The van der Waals surface area contributed by atoms with E-state index >= 15 is 0 Å². The topological polar surface area (TPSA) is 59.0 Å². The number of carboxylic acids is 1. The number of carbonyl (C=O) groups is 1. The smallest absolute Gasteiger partial charge is 0.308 e. The third-order valence-corrected chi connectivity index (χ3v) is 3.25. The quantitative estimate of drug-likeness (QED) is 0.680. The highest BCUT2D eigenvalue weighted by molar-refractivity contribution is 5.70. The molecule has 0 spiro atoms. The summed E-state index contributed by atoms with van der Waals surface area (Å²) in [6.07, 6.45) is 0. The molecule has 0 aromatic rings. The largest absolute Gasteiger partial charge is 0.481 e. The molecule has 1 fully saturated rings. The van der Waals surface area contributed by atoms with E-state index in [4.69, 9.17) is 14.6 Å². The lowest BCUT2D eigenvalue weighted by Gasteiger charge is -2.48. The van der Waals surface area contributed by atoms with Gasteiger partial charge in [0.1, 0.15) is 0 Å². The summed E-state index contributed by atoms with van der Waals surface area (Å²) >= 11 is 0. The Morgan fingerprint density at radius 3 is 2.19 bits per heavy atom. The monoisotopic (exact) mass is 231 g/mol. The Bertz CT molecular complexity index is 242. The molecule has 0 amide bonds. The maximum absolute atomic E-state index is 11.0. The van der Waals surface area contributed by atoms with E-state index in [2.05, 4.69) is 0 Å². The lowest BCUT2D eigenvalue weighted by Crippen LogP contribution is -2.65. The van der Waals surface area contributed by atoms with Crippen LogP contribution in [0.25, 0.3) is 0 Å². The molecule has 1 heterocycles. The highest BCUT2D eigenvalue weighted by Crippen LogP contribution is 2.27. The predicted molar refractivity (Wildman–Crippen MR) is 59.2 cm³/mol. The van der Waals surface area contributed by atoms with E-state index in [1.807, 2.05) is 18.7 Å².